The third-order valence-corrected chi connectivity index (χ3v) is 3.26. The van der Waals surface area contributed by atoms with E-state index in [0.29, 0.717) is 0 Å². The van der Waals surface area contributed by atoms with Gasteiger partial charge in [0.05, 0.1) is 13.7 Å². The quantitative estimate of drug-likeness (QED) is 0.468. The Hall–Kier alpha value is -1.94. The second-order valence-electron chi connectivity index (χ2n) is 4.54. The summed E-state index contributed by atoms with van der Waals surface area (Å²) in [5.41, 5.74) is -1.05. The summed E-state index contributed by atoms with van der Waals surface area (Å²) in [7, 11) is 1.10. The first-order chi connectivity index (χ1) is 9.90. The number of rotatable bonds is 3. The molecule has 21 heavy (non-hydrogen) atoms. The highest BCUT2D eigenvalue weighted by atomic mass is 16.6. The van der Waals surface area contributed by atoms with Crippen LogP contribution in [0.5, 0.6) is 5.75 Å². The second kappa shape index (κ2) is 5.82. The number of ether oxygens (including phenoxy) is 2. The number of aromatic nitrogens is 1. The number of hydrogen-bond donors (Lipinski definition) is 4. The van der Waals surface area contributed by atoms with E-state index in [-0.39, 0.29) is 5.56 Å². The summed E-state index contributed by atoms with van der Waals surface area (Å²) >= 11 is 0. The average Bonchev–Trinajstić information content (AvgIpc) is 2.74. The minimum Gasteiger partial charge on any atom is -0.507 e. The Morgan fingerprint density at radius 3 is 2.62 bits per heavy atom. The summed E-state index contributed by atoms with van der Waals surface area (Å²) in [6.07, 6.45) is -4.26. The fourth-order valence-corrected chi connectivity index (χ4v) is 2.11. The molecule has 1 saturated heterocycles. The van der Waals surface area contributed by atoms with Crippen molar-refractivity contribution >= 4 is 5.97 Å². The topological polar surface area (TPSA) is 138 Å². The molecule has 116 valence electrons. The average molecular weight is 301 g/mol. The largest absolute Gasteiger partial charge is 0.507 e. The van der Waals surface area contributed by atoms with E-state index in [1.54, 1.807) is 0 Å². The van der Waals surface area contributed by atoms with E-state index in [1.165, 1.54) is 0 Å². The first-order valence-electron chi connectivity index (χ1n) is 6.06. The van der Waals surface area contributed by atoms with E-state index < -0.39 is 48.4 Å². The van der Waals surface area contributed by atoms with Gasteiger partial charge >= 0.3 is 5.97 Å². The van der Waals surface area contributed by atoms with Crippen molar-refractivity contribution in [2.24, 2.45) is 0 Å². The maximum absolute atomic E-state index is 11.9. The van der Waals surface area contributed by atoms with Gasteiger partial charge in [-0.25, -0.2) is 4.79 Å². The van der Waals surface area contributed by atoms with Crippen LogP contribution in [0.3, 0.4) is 0 Å². The van der Waals surface area contributed by atoms with Crippen LogP contribution in [0.15, 0.2) is 17.1 Å². The molecular formula is C12H15NO8. The smallest absolute Gasteiger partial charge is 0.343 e. The third kappa shape index (κ3) is 2.63. The molecule has 0 unspecified atom stereocenters. The molecule has 0 spiro atoms. The number of aliphatic hydroxyl groups is 3. The number of aromatic hydroxyl groups is 1. The lowest BCUT2D eigenvalue weighted by Crippen LogP contribution is -2.35. The van der Waals surface area contributed by atoms with Gasteiger partial charge in [0.25, 0.3) is 5.56 Å². The molecule has 1 aromatic heterocycles. The van der Waals surface area contributed by atoms with Crippen molar-refractivity contribution in [2.75, 3.05) is 13.7 Å². The van der Waals surface area contributed by atoms with E-state index >= 15 is 0 Å². The van der Waals surface area contributed by atoms with Crippen molar-refractivity contribution in [1.82, 2.24) is 4.57 Å². The number of pyridine rings is 1. The summed E-state index contributed by atoms with van der Waals surface area (Å²) < 4.78 is 10.5. The van der Waals surface area contributed by atoms with Crippen LogP contribution in [-0.2, 0) is 9.47 Å². The number of aliphatic hydroxyl groups excluding tert-OH is 3. The Labute approximate surface area is 118 Å². The molecule has 0 saturated carbocycles. The third-order valence-electron chi connectivity index (χ3n) is 3.26. The molecule has 4 N–H and O–H groups in total. The van der Waals surface area contributed by atoms with Crippen molar-refractivity contribution < 1.29 is 34.7 Å². The zero-order chi connectivity index (χ0) is 15.7. The first kappa shape index (κ1) is 15.4. The van der Waals surface area contributed by atoms with E-state index in [2.05, 4.69) is 4.74 Å². The van der Waals surface area contributed by atoms with Crippen LogP contribution in [0.25, 0.3) is 0 Å². The van der Waals surface area contributed by atoms with Gasteiger partial charge in [0.15, 0.2) is 6.23 Å². The summed E-state index contributed by atoms with van der Waals surface area (Å²) in [6.45, 7) is -0.550. The van der Waals surface area contributed by atoms with Crippen molar-refractivity contribution in [3.8, 4) is 5.75 Å². The number of carbonyl (C=O) groups is 1. The number of methoxy groups -OCH3 is 1. The van der Waals surface area contributed by atoms with Gasteiger partial charge in [-0.05, 0) is 0 Å². The molecule has 2 heterocycles. The zero-order valence-electron chi connectivity index (χ0n) is 11.0. The molecule has 2 rings (SSSR count). The first-order valence-corrected chi connectivity index (χ1v) is 6.06. The molecule has 0 aromatic carbocycles. The number of hydrogen-bond acceptors (Lipinski definition) is 8. The Kier molecular flexibility index (Phi) is 4.28. The number of carbonyl (C=O) groups excluding carboxylic acids is 1. The SMILES string of the molecule is COC(=O)c1cn([C@@H]2O[C@H](CO)[C@@H](O)[C@H]2O)c(=O)cc1O. The predicted molar refractivity (Wildman–Crippen MR) is 66.7 cm³/mol. The highest BCUT2D eigenvalue weighted by Crippen LogP contribution is 2.29. The van der Waals surface area contributed by atoms with Crippen molar-refractivity contribution in [3.05, 3.63) is 28.2 Å². The molecule has 0 bridgehead atoms. The van der Waals surface area contributed by atoms with E-state index in [1.807, 2.05) is 0 Å². The molecule has 1 aromatic rings. The molecule has 0 aliphatic carbocycles. The summed E-state index contributed by atoms with van der Waals surface area (Å²) in [6, 6.07) is 0.765. The minimum absolute atomic E-state index is 0.296. The Bertz CT molecular complexity index is 597. The normalized spacial score (nSPS) is 28.6. The van der Waals surface area contributed by atoms with E-state index in [9.17, 15) is 24.9 Å². The molecule has 1 aliphatic heterocycles. The van der Waals surface area contributed by atoms with Crippen molar-refractivity contribution in [2.45, 2.75) is 24.5 Å². The van der Waals surface area contributed by atoms with Crippen molar-refractivity contribution in [1.29, 1.82) is 0 Å². The van der Waals surface area contributed by atoms with Crippen LogP contribution in [0.2, 0.25) is 0 Å². The maximum atomic E-state index is 11.9. The molecule has 1 fully saturated rings. The lowest BCUT2D eigenvalue weighted by atomic mass is 10.1. The fraction of sp³-hybridized carbons (Fsp3) is 0.500. The van der Waals surface area contributed by atoms with Crippen LogP contribution in [0.1, 0.15) is 16.6 Å². The lowest BCUT2D eigenvalue weighted by molar-refractivity contribution is -0.0545. The Morgan fingerprint density at radius 1 is 1.43 bits per heavy atom. The number of esters is 1. The summed E-state index contributed by atoms with van der Waals surface area (Å²) in [5, 5.41) is 38.1. The van der Waals surface area contributed by atoms with Crippen LogP contribution in [0.4, 0.5) is 0 Å². The van der Waals surface area contributed by atoms with Crippen LogP contribution in [0, 0.1) is 0 Å². The van der Waals surface area contributed by atoms with Crippen LogP contribution < -0.4 is 5.56 Å². The second-order valence-corrected chi connectivity index (χ2v) is 4.54. The van der Waals surface area contributed by atoms with Gasteiger partial charge in [-0.1, -0.05) is 0 Å². The minimum atomic E-state index is -1.48. The summed E-state index contributed by atoms with van der Waals surface area (Å²) in [5.74, 6) is -1.46. The Balaban J connectivity index is 2.45. The van der Waals surface area contributed by atoms with Gasteiger partial charge in [0, 0.05) is 12.3 Å². The standard InChI is InChI=1S/C12H15NO8/c1-20-12(19)5-3-13(8(16)2-6(5)15)11-10(18)9(17)7(4-14)21-11/h2-3,7,9-11,14-15,17-18H,4H2,1H3/t7-,9-,10-,11-/m1/s1. The molecule has 0 amide bonds. The molecule has 1 aliphatic rings. The Morgan fingerprint density at radius 2 is 2.10 bits per heavy atom. The highest BCUT2D eigenvalue weighted by molar-refractivity contribution is 5.91. The predicted octanol–water partition coefficient (Wildman–Crippen LogP) is -2.05. The van der Waals surface area contributed by atoms with Crippen LogP contribution in [-0.4, -0.2) is 63.0 Å². The monoisotopic (exact) mass is 301 g/mol. The van der Waals surface area contributed by atoms with Crippen LogP contribution >= 0.6 is 0 Å². The molecule has 9 nitrogen and oxygen atoms in total. The van der Waals surface area contributed by atoms with Gasteiger partial charge in [-0.15, -0.1) is 0 Å². The van der Waals surface area contributed by atoms with Gasteiger partial charge in [0.1, 0.15) is 29.6 Å². The van der Waals surface area contributed by atoms with E-state index in [4.69, 9.17) is 9.84 Å². The molecule has 0 radical (unpaired) electrons. The lowest BCUT2D eigenvalue weighted by Gasteiger charge is -2.18. The van der Waals surface area contributed by atoms with Gasteiger partial charge in [-0.2, -0.15) is 0 Å². The highest BCUT2D eigenvalue weighted by Gasteiger charge is 2.43. The molecular weight excluding hydrogens is 286 g/mol. The van der Waals surface area contributed by atoms with Crippen molar-refractivity contribution in [3.63, 3.8) is 0 Å². The van der Waals surface area contributed by atoms with Gasteiger partial charge in [0.2, 0.25) is 0 Å². The van der Waals surface area contributed by atoms with Gasteiger partial charge in [-0.3, -0.25) is 9.36 Å². The maximum Gasteiger partial charge on any atom is 0.343 e. The zero-order valence-corrected chi connectivity index (χ0v) is 11.0. The molecule has 9 heteroatoms. The molecule has 4 atom stereocenters. The summed E-state index contributed by atoms with van der Waals surface area (Å²) in [4.78, 5) is 23.3. The van der Waals surface area contributed by atoms with Gasteiger partial charge < -0.3 is 29.9 Å². The fourth-order valence-electron chi connectivity index (χ4n) is 2.11. The van der Waals surface area contributed by atoms with E-state index in [0.717, 1.165) is 23.9 Å². The number of nitrogens with zero attached hydrogens (tertiary/aromatic N) is 1.